The van der Waals surface area contributed by atoms with E-state index in [-0.39, 0.29) is 0 Å². The van der Waals surface area contributed by atoms with Crippen LogP contribution in [0.3, 0.4) is 0 Å². The number of nitrogens with two attached hydrogens (primary N) is 1. The highest BCUT2D eigenvalue weighted by atomic mass is 35.5. The molecule has 100 valence electrons. The molecule has 0 aliphatic heterocycles. The second-order valence-corrected chi connectivity index (χ2v) is 5.77. The van der Waals surface area contributed by atoms with Crippen molar-refractivity contribution in [3.63, 3.8) is 0 Å². The van der Waals surface area contributed by atoms with Gasteiger partial charge in [0.15, 0.2) is 0 Å². The molecule has 2 aromatic rings. The van der Waals surface area contributed by atoms with E-state index < -0.39 is 0 Å². The number of benzene rings is 2. The van der Waals surface area contributed by atoms with Crippen LogP contribution < -0.4 is 10.5 Å². The summed E-state index contributed by atoms with van der Waals surface area (Å²) in [5.74, 6) is 1.75. The highest BCUT2D eigenvalue weighted by Crippen LogP contribution is 2.27. The summed E-state index contributed by atoms with van der Waals surface area (Å²) in [4.78, 5) is 1.04. The van der Waals surface area contributed by atoms with E-state index in [0.29, 0.717) is 17.3 Å². The lowest BCUT2D eigenvalue weighted by atomic mass is 10.2. The molecule has 0 saturated heterocycles. The third-order valence-electron chi connectivity index (χ3n) is 2.60. The number of hydrogen-bond donors (Lipinski definition) is 1. The molecule has 2 rings (SSSR count). The van der Waals surface area contributed by atoms with E-state index in [1.807, 2.05) is 36.4 Å². The topological polar surface area (TPSA) is 35.2 Å². The van der Waals surface area contributed by atoms with Crippen LogP contribution in [-0.2, 0) is 0 Å². The van der Waals surface area contributed by atoms with E-state index in [0.717, 1.165) is 16.4 Å². The van der Waals surface area contributed by atoms with Crippen LogP contribution in [0, 0.1) is 6.92 Å². The van der Waals surface area contributed by atoms with Crippen LogP contribution in [0.2, 0.25) is 5.02 Å². The van der Waals surface area contributed by atoms with Gasteiger partial charge in [0.25, 0.3) is 0 Å². The normalized spacial score (nSPS) is 10.4. The number of hydrogen-bond acceptors (Lipinski definition) is 3. The fourth-order valence-corrected chi connectivity index (χ4v) is 2.55. The molecule has 0 heterocycles. The largest absolute Gasteiger partial charge is 0.493 e. The number of halogens is 1. The Bertz CT molecular complexity index is 542. The zero-order valence-electron chi connectivity index (χ0n) is 10.7. The number of thioether (sulfide) groups is 1. The summed E-state index contributed by atoms with van der Waals surface area (Å²) in [5, 5.41) is 0.665. The summed E-state index contributed by atoms with van der Waals surface area (Å²) in [6.07, 6.45) is 0. The minimum atomic E-state index is 0.649. The van der Waals surface area contributed by atoms with Crippen molar-refractivity contribution in [2.45, 2.75) is 11.8 Å². The summed E-state index contributed by atoms with van der Waals surface area (Å²) < 4.78 is 5.66. The molecule has 0 aliphatic carbocycles. The molecule has 0 amide bonds. The van der Waals surface area contributed by atoms with E-state index in [4.69, 9.17) is 22.1 Å². The molecule has 0 aliphatic rings. The molecule has 0 fully saturated rings. The lowest BCUT2D eigenvalue weighted by Crippen LogP contribution is -2.00. The number of nitrogen functional groups attached to an aromatic ring is 1. The smallest absolute Gasteiger partial charge is 0.119 e. The maximum Gasteiger partial charge on any atom is 0.119 e. The lowest BCUT2D eigenvalue weighted by Gasteiger charge is -2.08. The summed E-state index contributed by atoms with van der Waals surface area (Å²) in [5.41, 5.74) is 7.83. The maximum atomic E-state index is 5.89. The Morgan fingerprint density at radius 1 is 1.16 bits per heavy atom. The molecule has 0 bridgehead atoms. The first-order valence-corrected chi connectivity index (χ1v) is 7.39. The first kappa shape index (κ1) is 14.1. The van der Waals surface area contributed by atoms with Gasteiger partial charge < -0.3 is 10.5 Å². The quantitative estimate of drug-likeness (QED) is 0.504. The second kappa shape index (κ2) is 6.73. The van der Waals surface area contributed by atoms with Gasteiger partial charge in [0.2, 0.25) is 0 Å². The van der Waals surface area contributed by atoms with Gasteiger partial charge >= 0.3 is 0 Å². The second-order valence-electron chi connectivity index (χ2n) is 4.19. The molecule has 0 radical (unpaired) electrons. The number of ether oxygens (including phenoxy) is 1. The Balaban J connectivity index is 1.79. The van der Waals surface area contributed by atoms with Gasteiger partial charge in [-0.2, -0.15) is 0 Å². The summed E-state index contributed by atoms with van der Waals surface area (Å²) in [6, 6.07) is 13.6. The SMILES string of the molecule is Cc1ccc(OCCSc2ccc(Cl)cc2N)cc1. The van der Waals surface area contributed by atoms with Crippen molar-refractivity contribution in [2.75, 3.05) is 18.1 Å². The number of rotatable bonds is 5. The Kier molecular flexibility index (Phi) is 5.00. The minimum absolute atomic E-state index is 0.649. The zero-order valence-corrected chi connectivity index (χ0v) is 12.3. The van der Waals surface area contributed by atoms with Crippen LogP contribution >= 0.6 is 23.4 Å². The molecule has 2 N–H and O–H groups in total. The monoisotopic (exact) mass is 293 g/mol. The van der Waals surface area contributed by atoms with Crippen molar-refractivity contribution < 1.29 is 4.74 Å². The zero-order chi connectivity index (χ0) is 13.7. The molecule has 0 unspecified atom stereocenters. The van der Waals surface area contributed by atoms with Gasteiger partial charge in [-0.05, 0) is 37.3 Å². The Labute approximate surface area is 122 Å². The first-order valence-electron chi connectivity index (χ1n) is 6.02. The van der Waals surface area contributed by atoms with Crippen LogP contribution in [0.25, 0.3) is 0 Å². The summed E-state index contributed by atoms with van der Waals surface area (Å²) >= 11 is 7.53. The Hall–Kier alpha value is -1.32. The van der Waals surface area contributed by atoms with Gasteiger partial charge in [0, 0.05) is 21.4 Å². The first-order chi connectivity index (χ1) is 9.15. The van der Waals surface area contributed by atoms with E-state index in [1.54, 1.807) is 17.8 Å². The average molecular weight is 294 g/mol. The van der Waals surface area contributed by atoms with Crippen LogP contribution in [0.1, 0.15) is 5.56 Å². The van der Waals surface area contributed by atoms with E-state index >= 15 is 0 Å². The summed E-state index contributed by atoms with van der Waals surface area (Å²) in [6.45, 7) is 2.71. The van der Waals surface area contributed by atoms with E-state index in [2.05, 4.69) is 6.92 Å². The fourth-order valence-electron chi connectivity index (χ4n) is 1.60. The van der Waals surface area contributed by atoms with Gasteiger partial charge in [-0.3, -0.25) is 0 Å². The third kappa shape index (κ3) is 4.37. The van der Waals surface area contributed by atoms with Gasteiger partial charge in [0.05, 0.1) is 6.61 Å². The van der Waals surface area contributed by atoms with Gasteiger partial charge in [-0.1, -0.05) is 29.3 Å². The van der Waals surface area contributed by atoms with Crippen molar-refractivity contribution in [1.29, 1.82) is 0 Å². The van der Waals surface area contributed by atoms with Gasteiger partial charge in [-0.25, -0.2) is 0 Å². The average Bonchev–Trinajstić information content (AvgIpc) is 2.39. The van der Waals surface area contributed by atoms with Crippen molar-refractivity contribution in [3.8, 4) is 5.75 Å². The Morgan fingerprint density at radius 3 is 2.58 bits per heavy atom. The van der Waals surface area contributed by atoms with Crippen LogP contribution in [-0.4, -0.2) is 12.4 Å². The molecule has 4 heteroatoms. The van der Waals surface area contributed by atoms with Crippen LogP contribution in [0.4, 0.5) is 5.69 Å². The van der Waals surface area contributed by atoms with Crippen molar-refractivity contribution >= 4 is 29.1 Å². The minimum Gasteiger partial charge on any atom is -0.493 e. The third-order valence-corrected chi connectivity index (χ3v) is 3.89. The predicted octanol–water partition coefficient (Wildman–Crippen LogP) is 4.40. The van der Waals surface area contributed by atoms with Crippen LogP contribution in [0.15, 0.2) is 47.4 Å². The molecule has 2 nitrogen and oxygen atoms in total. The molecule has 0 saturated carbocycles. The molecule has 19 heavy (non-hydrogen) atoms. The maximum absolute atomic E-state index is 5.89. The summed E-state index contributed by atoms with van der Waals surface area (Å²) in [7, 11) is 0. The highest BCUT2D eigenvalue weighted by Gasteiger charge is 2.01. The molecule has 0 aromatic heterocycles. The molecular formula is C15H16ClNOS. The Morgan fingerprint density at radius 2 is 1.89 bits per heavy atom. The lowest BCUT2D eigenvalue weighted by molar-refractivity contribution is 0.344. The van der Waals surface area contributed by atoms with Crippen molar-refractivity contribution in [2.24, 2.45) is 0 Å². The van der Waals surface area contributed by atoms with E-state index in [9.17, 15) is 0 Å². The van der Waals surface area contributed by atoms with Crippen molar-refractivity contribution in [3.05, 3.63) is 53.1 Å². The van der Waals surface area contributed by atoms with E-state index in [1.165, 1.54) is 5.56 Å². The highest BCUT2D eigenvalue weighted by molar-refractivity contribution is 7.99. The van der Waals surface area contributed by atoms with Gasteiger partial charge in [0.1, 0.15) is 5.75 Å². The molecule has 0 spiro atoms. The molecular weight excluding hydrogens is 278 g/mol. The van der Waals surface area contributed by atoms with Crippen LogP contribution in [0.5, 0.6) is 5.75 Å². The standard InChI is InChI=1S/C15H16ClNOS/c1-11-2-5-13(6-3-11)18-8-9-19-15-7-4-12(16)10-14(15)17/h2-7,10H,8-9,17H2,1H3. The number of aryl methyl sites for hydroxylation is 1. The number of anilines is 1. The van der Waals surface area contributed by atoms with Gasteiger partial charge in [-0.15, -0.1) is 11.8 Å². The predicted molar refractivity (Wildman–Crippen MR) is 83.3 cm³/mol. The van der Waals surface area contributed by atoms with Crippen molar-refractivity contribution in [1.82, 2.24) is 0 Å². The molecule has 2 aromatic carbocycles. The fraction of sp³-hybridized carbons (Fsp3) is 0.200. The molecule has 0 atom stereocenters.